The van der Waals surface area contributed by atoms with Crippen LogP contribution in [0.25, 0.3) is 0 Å². The average Bonchev–Trinajstić information content (AvgIpc) is 2.75. The standard InChI is InChI=1S/C24H37N3O3/c1-5-23(28)26-14-13-20-10-8-11-21(27(20)24(29)17-30-4)16-25(18(2)3)15-19-9-6-7-12-22(19)26/h6-7,9,12,18,20-21H,5,8,10-11,13-17H2,1-4H3. The first kappa shape index (κ1) is 22.8. The predicted molar refractivity (Wildman–Crippen MR) is 119 cm³/mol. The molecular formula is C24H37N3O3. The van der Waals surface area contributed by atoms with E-state index < -0.39 is 0 Å². The Morgan fingerprint density at radius 3 is 2.53 bits per heavy atom. The monoisotopic (exact) mass is 415 g/mol. The Kier molecular flexibility index (Phi) is 7.89. The number of ether oxygens (including phenoxy) is 1. The van der Waals surface area contributed by atoms with Crippen molar-refractivity contribution in [1.82, 2.24) is 9.80 Å². The van der Waals surface area contributed by atoms with Gasteiger partial charge in [-0.05, 0) is 51.2 Å². The summed E-state index contributed by atoms with van der Waals surface area (Å²) in [5.41, 5.74) is 2.19. The second-order valence-corrected chi connectivity index (χ2v) is 8.81. The largest absolute Gasteiger partial charge is 0.375 e. The Morgan fingerprint density at radius 2 is 1.83 bits per heavy atom. The lowest BCUT2D eigenvalue weighted by molar-refractivity contribution is -0.143. The smallest absolute Gasteiger partial charge is 0.249 e. The molecule has 0 radical (unpaired) electrons. The molecule has 2 aliphatic heterocycles. The van der Waals surface area contributed by atoms with Gasteiger partial charge in [0.2, 0.25) is 11.8 Å². The van der Waals surface area contributed by atoms with Crippen molar-refractivity contribution in [2.75, 3.05) is 31.7 Å². The summed E-state index contributed by atoms with van der Waals surface area (Å²) in [6, 6.07) is 8.96. The Labute approximate surface area is 181 Å². The zero-order valence-electron chi connectivity index (χ0n) is 19.0. The highest BCUT2D eigenvalue weighted by molar-refractivity contribution is 5.94. The van der Waals surface area contributed by atoms with E-state index in [4.69, 9.17) is 4.74 Å². The third kappa shape index (κ3) is 5.03. The van der Waals surface area contributed by atoms with Gasteiger partial charge < -0.3 is 14.5 Å². The summed E-state index contributed by atoms with van der Waals surface area (Å²) in [7, 11) is 1.58. The summed E-state index contributed by atoms with van der Waals surface area (Å²) in [5.74, 6) is 0.209. The molecule has 0 spiro atoms. The zero-order valence-corrected chi connectivity index (χ0v) is 19.0. The van der Waals surface area contributed by atoms with E-state index in [1.54, 1.807) is 7.11 Å². The number of para-hydroxylation sites is 1. The zero-order chi connectivity index (χ0) is 21.7. The highest BCUT2D eigenvalue weighted by Crippen LogP contribution is 2.31. The van der Waals surface area contributed by atoms with Gasteiger partial charge in [-0.3, -0.25) is 14.5 Å². The molecule has 0 aromatic heterocycles. The van der Waals surface area contributed by atoms with Crippen LogP contribution in [0.3, 0.4) is 0 Å². The van der Waals surface area contributed by atoms with E-state index in [-0.39, 0.29) is 30.5 Å². The Hall–Kier alpha value is -1.92. The number of piperidine rings is 1. The minimum absolute atomic E-state index is 0.0704. The Bertz CT molecular complexity index is 736. The van der Waals surface area contributed by atoms with Crippen LogP contribution >= 0.6 is 0 Å². The molecule has 6 nitrogen and oxygen atoms in total. The van der Waals surface area contributed by atoms with E-state index in [1.165, 1.54) is 5.56 Å². The number of hydrogen-bond acceptors (Lipinski definition) is 4. The van der Waals surface area contributed by atoms with Gasteiger partial charge >= 0.3 is 0 Å². The van der Waals surface area contributed by atoms with Crippen molar-refractivity contribution in [1.29, 1.82) is 0 Å². The number of fused-ring (bicyclic) bond motifs is 3. The minimum Gasteiger partial charge on any atom is -0.375 e. The van der Waals surface area contributed by atoms with E-state index in [9.17, 15) is 9.59 Å². The first-order chi connectivity index (χ1) is 14.5. The van der Waals surface area contributed by atoms with Gasteiger partial charge in [-0.2, -0.15) is 0 Å². The molecule has 3 rings (SSSR count). The molecule has 2 atom stereocenters. The van der Waals surface area contributed by atoms with Crippen LogP contribution in [0, 0.1) is 0 Å². The molecule has 2 unspecified atom stereocenters. The normalized spacial score (nSPS) is 23.1. The second-order valence-electron chi connectivity index (χ2n) is 8.81. The number of nitrogens with zero attached hydrogens (tertiary/aromatic N) is 3. The predicted octanol–water partition coefficient (Wildman–Crippen LogP) is 3.44. The number of benzene rings is 1. The Morgan fingerprint density at radius 1 is 1.10 bits per heavy atom. The van der Waals surface area contributed by atoms with E-state index >= 15 is 0 Å². The van der Waals surface area contributed by atoms with Gasteiger partial charge in [-0.25, -0.2) is 0 Å². The molecule has 1 saturated heterocycles. The molecule has 2 bridgehead atoms. The first-order valence-corrected chi connectivity index (χ1v) is 11.4. The molecule has 1 aromatic carbocycles. The lowest BCUT2D eigenvalue weighted by Gasteiger charge is -2.44. The quantitative estimate of drug-likeness (QED) is 0.756. The second kappa shape index (κ2) is 10.4. The molecule has 6 heteroatoms. The van der Waals surface area contributed by atoms with Crippen LogP contribution in [0.15, 0.2) is 24.3 Å². The molecule has 2 amide bonds. The number of hydrogen-bond donors (Lipinski definition) is 0. The number of carbonyl (C=O) groups is 2. The molecule has 30 heavy (non-hydrogen) atoms. The van der Waals surface area contributed by atoms with Gasteiger partial charge in [0.05, 0.1) is 0 Å². The SMILES string of the molecule is CCC(=O)N1CCC2CCCC(CN(C(C)C)Cc3ccccc31)N2C(=O)COC. The molecule has 2 aliphatic rings. The van der Waals surface area contributed by atoms with Crippen molar-refractivity contribution >= 4 is 17.5 Å². The van der Waals surface area contributed by atoms with Gasteiger partial charge in [0.1, 0.15) is 6.61 Å². The highest BCUT2D eigenvalue weighted by Gasteiger charge is 2.36. The fraction of sp³-hybridized carbons (Fsp3) is 0.667. The molecule has 166 valence electrons. The topological polar surface area (TPSA) is 53.1 Å². The maximum Gasteiger partial charge on any atom is 0.249 e. The third-order valence-electron chi connectivity index (χ3n) is 6.54. The average molecular weight is 416 g/mol. The lowest BCUT2D eigenvalue weighted by Crippen LogP contribution is -2.56. The fourth-order valence-electron chi connectivity index (χ4n) is 4.94. The highest BCUT2D eigenvalue weighted by atomic mass is 16.5. The number of anilines is 1. The summed E-state index contributed by atoms with van der Waals surface area (Å²) < 4.78 is 5.21. The molecule has 0 aliphatic carbocycles. The van der Waals surface area contributed by atoms with Crippen molar-refractivity contribution in [3.63, 3.8) is 0 Å². The summed E-state index contributed by atoms with van der Waals surface area (Å²) in [4.78, 5) is 32.4. The first-order valence-electron chi connectivity index (χ1n) is 11.4. The van der Waals surface area contributed by atoms with Gasteiger partial charge in [-0.1, -0.05) is 25.1 Å². The summed E-state index contributed by atoms with van der Waals surface area (Å²) in [6.07, 6.45) is 4.40. The lowest BCUT2D eigenvalue weighted by atomic mass is 9.92. The van der Waals surface area contributed by atoms with Crippen molar-refractivity contribution < 1.29 is 14.3 Å². The number of rotatable bonds is 4. The number of amides is 2. The molecule has 1 fully saturated rings. The number of methoxy groups -OCH3 is 1. The maximum atomic E-state index is 13.0. The molecule has 0 N–H and O–H groups in total. The van der Waals surface area contributed by atoms with Crippen LogP contribution < -0.4 is 4.90 Å². The third-order valence-corrected chi connectivity index (χ3v) is 6.54. The summed E-state index contributed by atoms with van der Waals surface area (Å²) >= 11 is 0. The summed E-state index contributed by atoms with van der Waals surface area (Å²) in [6.45, 7) is 8.71. The van der Waals surface area contributed by atoms with Crippen molar-refractivity contribution in [3.05, 3.63) is 29.8 Å². The molecular weight excluding hydrogens is 378 g/mol. The van der Waals surface area contributed by atoms with E-state index in [0.29, 0.717) is 19.0 Å². The van der Waals surface area contributed by atoms with Crippen molar-refractivity contribution in [2.45, 2.75) is 77.5 Å². The van der Waals surface area contributed by atoms with Gasteiger partial charge in [0, 0.05) is 57.0 Å². The van der Waals surface area contributed by atoms with Crippen LogP contribution in [-0.2, 0) is 20.9 Å². The van der Waals surface area contributed by atoms with Gasteiger partial charge in [-0.15, -0.1) is 0 Å². The van der Waals surface area contributed by atoms with Crippen LogP contribution in [-0.4, -0.2) is 66.5 Å². The van der Waals surface area contributed by atoms with Gasteiger partial charge in [0.15, 0.2) is 0 Å². The fourth-order valence-corrected chi connectivity index (χ4v) is 4.94. The molecule has 0 saturated carbocycles. The van der Waals surface area contributed by atoms with Crippen molar-refractivity contribution in [2.24, 2.45) is 0 Å². The Balaban J connectivity index is 2.03. The van der Waals surface area contributed by atoms with Crippen LogP contribution in [0.4, 0.5) is 5.69 Å². The summed E-state index contributed by atoms with van der Waals surface area (Å²) in [5, 5.41) is 0. The maximum absolute atomic E-state index is 13.0. The van der Waals surface area contributed by atoms with Crippen LogP contribution in [0.2, 0.25) is 0 Å². The molecule has 1 aromatic rings. The minimum atomic E-state index is 0.0704. The van der Waals surface area contributed by atoms with E-state index in [2.05, 4.69) is 41.8 Å². The van der Waals surface area contributed by atoms with Crippen molar-refractivity contribution in [3.8, 4) is 0 Å². The van der Waals surface area contributed by atoms with Crippen LogP contribution in [0.1, 0.15) is 58.4 Å². The van der Waals surface area contributed by atoms with E-state index in [0.717, 1.165) is 44.5 Å². The number of carbonyl (C=O) groups excluding carboxylic acids is 2. The van der Waals surface area contributed by atoms with E-state index in [1.807, 2.05) is 17.9 Å². The van der Waals surface area contributed by atoms with Crippen LogP contribution in [0.5, 0.6) is 0 Å². The van der Waals surface area contributed by atoms with Gasteiger partial charge in [0.25, 0.3) is 0 Å². The molecule has 2 heterocycles.